The number of halogens is 1. The Labute approximate surface area is 90.0 Å². The Morgan fingerprint density at radius 3 is 3.00 bits per heavy atom. The molecule has 0 bridgehead atoms. The molecule has 14 heavy (non-hydrogen) atoms. The first-order chi connectivity index (χ1) is 6.72. The summed E-state index contributed by atoms with van der Waals surface area (Å²) in [6, 6.07) is 5.75. The number of hydrogen-bond donors (Lipinski definition) is 0. The molecule has 72 valence electrons. The number of nitrogens with zero attached hydrogens (tertiary/aromatic N) is 3. The zero-order valence-corrected chi connectivity index (χ0v) is 9.14. The van der Waals surface area contributed by atoms with E-state index in [1.807, 2.05) is 29.8 Å². The molecule has 0 fully saturated rings. The van der Waals surface area contributed by atoms with Gasteiger partial charge in [-0.05, 0) is 18.2 Å². The Bertz CT molecular complexity index is 553. The average Bonchev–Trinajstić information content (AvgIpc) is 2.44. The SMILES string of the molecule is C=N/N=c1/sc2cc(Cl)ccc2n1C. The van der Waals surface area contributed by atoms with E-state index in [2.05, 4.69) is 16.9 Å². The molecule has 0 unspecified atom stereocenters. The smallest absolute Gasteiger partial charge is 0.211 e. The first-order valence-electron chi connectivity index (χ1n) is 3.97. The minimum atomic E-state index is 0.734. The van der Waals surface area contributed by atoms with Crippen LogP contribution in [0.15, 0.2) is 28.4 Å². The van der Waals surface area contributed by atoms with Crippen LogP contribution in [-0.2, 0) is 7.05 Å². The number of hydrogen-bond acceptors (Lipinski definition) is 3. The molecular weight excluding hydrogens is 218 g/mol. The molecule has 0 amide bonds. The van der Waals surface area contributed by atoms with E-state index in [-0.39, 0.29) is 0 Å². The number of fused-ring (bicyclic) bond motifs is 1. The second-order valence-corrected chi connectivity index (χ2v) is 4.24. The van der Waals surface area contributed by atoms with Crippen LogP contribution in [0.3, 0.4) is 0 Å². The maximum Gasteiger partial charge on any atom is 0.211 e. The number of aryl methyl sites for hydroxylation is 1. The van der Waals surface area contributed by atoms with E-state index in [4.69, 9.17) is 11.6 Å². The Balaban J connectivity index is 2.86. The Morgan fingerprint density at radius 1 is 1.50 bits per heavy atom. The summed E-state index contributed by atoms with van der Waals surface area (Å²) in [4.78, 5) is 0.817. The minimum Gasteiger partial charge on any atom is -0.318 e. The van der Waals surface area contributed by atoms with Gasteiger partial charge in [0.05, 0.1) is 10.2 Å². The van der Waals surface area contributed by atoms with Crippen molar-refractivity contribution < 1.29 is 0 Å². The molecule has 0 aliphatic heterocycles. The van der Waals surface area contributed by atoms with Gasteiger partial charge in [0.2, 0.25) is 4.80 Å². The monoisotopic (exact) mass is 225 g/mol. The fourth-order valence-corrected chi connectivity index (χ4v) is 2.53. The summed E-state index contributed by atoms with van der Waals surface area (Å²) in [5.74, 6) is 0. The maximum absolute atomic E-state index is 5.89. The van der Waals surface area contributed by atoms with Crippen molar-refractivity contribution >= 4 is 39.9 Å². The van der Waals surface area contributed by atoms with Crippen LogP contribution in [0, 0.1) is 0 Å². The minimum absolute atomic E-state index is 0.734. The van der Waals surface area contributed by atoms with Gasteiger partial charge in [0.1, 0.15) is 0 Å². The summed E-state index contributed by atoms with van der Waals surface area (Å²) >= 11 is 7.43. The topological polar surface area (TPSA) is 29.6 Å². The Morgan fingerprint density at radius 2 is 2.29 bits per heavy atom. The van der Waals surface area contributed by atoms with Crippen LogP contribution >= 0.6 is 22.9 Å². The zero-order chi connectivity index (χ0) is 10.1. The molecule has 0 saturated carbocycles. The van der Waals surface area contributed by atoms with Gasteiger partial charge in [0, 0.05) is 18.8 Å². The van der Waals surface area contributed by atoms with Crippen LogP contribution < -0.4 is 4.80 Å². The number of thiazole rings is 1. The number of aromatic nitrogens is 1. The first kappa shape index (κ1) is 9.43. The third-order valence-corrected chi connectivity index (χ3v) is 3.25. The lowest BCUT2D eigenvalue weighted by Crippen LogP contribution is -2.08. The van der Waals surface area contributed by atoms with Gasteiger partial charge in [-0.25, -0.2) is 0 Å². The van der Waals surface area contributed by atoms with Crippen molar-refractivity contribution in [3.63, 3.8) is 0 Å². The Hall–Kier alpha value is -1.13. The van der Waals surface area contributed by atoms with Crippen molar-refractivity contribution in [2.24, 2.45) is 17.3 Å². The molecule has 3 nitrogen and oxygen atoms in total. The fourth-order valence-electron chi connectivity index (χ4n) is 1.26. The normalized spacial score (nSPS) is 12.3. The van der Waals surface area contributed by atoms with E-state index in [1.165, 1.54) is 0 Å². The standard InChI is InChI=1S/C9H8ClN3S/c1-11-12-9-13(2)7-4-3-6(10)5-8(7)14-9/h3-5H,1H2,2H3/b12-9+. The number of rotatable bonds is 1. The predicted octanol–water partition coefficient (Wildman–Crippen LogP) is 2.41. The van der Waals surface area contributed by atoms with Crippen molar-refractivity contribution in [2.45, 2.75) is 0 Å². The van der Waals surface area contributed by atoms with Gasteiger partial charge in [-0.15, -0.1) is 5.10 Å². The maximum atomic E-state index is 5.89. The molecular formula is C9H8ClN3S. The van der Waals surface area contributed by atoms with Gasteiger partial charge in [0.15, 0.2) is 0 Å². The van der Waals surface area contributed by atoms with Crippen molar-refractivity contribution in [3.05, 3.63) is 28.0 Å². The van der Waals surface area contributed by atoms with Gasteiger partial charge in [-0.2, -0.15) is 5.10 Å². The van der Waals surface area contributed by atoms with Crippen LogP contribution in [0.2, 0.25) is 5.02 Å². The molecule has 0 aliphatic rings. The molecule has 0 N–H and O–H groups in total. The lowest BCUT2D eigenvalue weighted by atomic mass is 10.3. The van der Waals surface area contributed by atoms with E-state index in [0.717, 1.165) is 20.0 Å². The van der Waals surface area contributed by atoms with Gasteiger partial charge in [-0.1, -0.05) is 22.9 Å². The molecule has 0 atom stereocenters. The first-order valence-corrected chi connectivity index (χ1v) is 5.16. The van der Waals surface area contributed by atoms with Gasteiger partial charge in [-0.3, -0.25) is 0 Å². The van der Waals surface area contributed by atoms with Crippen molar-refractivity contribution in [1.29, 1.82) is 0 Å². The van der Waals surface area contributed by atoms with Gasteiger partial charge >= 0.3 is 0 Å². The van der Waals surface area contributed by atoms with Gasteiger partial charge in [0.25, 0.3) is 0 Å². The molecule has 0 spiro atoms. The van der Waals surface area contributed by atoms with E-state index < -0.39 is 0 Å². The highest BCUT2D eigenvalue weighted by atomic mass is 35.5. The van der Waals surface area contributed by atoms with E-state index in [1.54, 1.807) is 11.3 Å². The largest absolute Gasteiger partial charge is 0.318 e. The fraction of sp³-hybridized carbons (Fsp3) is 0.111. The molecule has 0 radical (unpaired) electrons. The summed E-state index contributed by atoms with van der Waals surface area (Å²) in [6.07, 6.45) is 0. The van der Waals surface area contributed by atoms with Crippen LogP contribution in [0.25, 0.3) is 10.2 Å². The highest BCUT2D eigenvalue weighted by molar-refractivity contribution is 7.16. The molecule has 2 rings (SSSR count). The summed E-state index contributed by atoms with van der Waals surface area (Å²) in [5.41, 5.74) is 1.10. The van der Waals surface area contributed by atoms with E-state index in [0.29, 0.717) is 0 Å². The van der Waals surface area contributed by atoms with Crippen LogP contribution in [0.1, 0.15) is 0 Å². The molecule has 1 aromatic heterocycles. The van der Waals surface area contributed by atoms with Crippen molar-refractivity contribution in [2.75, 3.05) is 0 Å². The molecule has 1 aromatic carbocycles. The lowest BCUT2D eigenvalue weighted by molar-refractivity contribution is 0.890. The average molecular weight is 226 g/mol. The van der Waals surface area contributed by atoms with Gasteiger partial charge < -0.3 is 4.57 Å². The quantitative estimate of drug-likeness (QED) is 0.527. The van der Waals surface area contributed by atoms with Crippen LogP contribution in [0.4, 0.5) is 0 Å². The molecule has 2 aromatic rings. The second kappa shape index (κ2) is 3.55. The lowest BCUT2D eigenvalue weighted by Gasteiger charge is -1.93. The highest BCUT2D eigenvalue weighted by Gasteiger charge is 2.02. The van der Waals surface area contributed by atoms with E-state index in [9.17, 15) is 0 Å². The van der Waals surface area contributed by atoms with Crippen molar-refractivity contribution in [3.8, 4) is 0 Å². The molecule has 1 heterocycles. The summed E-state index contributed by atoms with van der Waals surface area (Å²) in [7, 11) is 1.94. The molecule has 0 saturated heterocycles. The summed E-state index contributed by atoms with van der Waals surface area (Å²) < 4.78 is 3.06. The summed E-state index contributed by atoms with van der Waals surface area (Å²) in [5, 5.41) is 8.18. The summed E-state index contributed by atoms with van der Waals surface area (Å²) in [6.45, 7) is 3.34. The molecule has 5 heteroatoms. The number of benzene rings is 1. The Kier molecular flexibility index (Phi) is 2.39. The van der Waals surface area contributed by atoms with Crippen molar-refractivity contribution in [1.82, 2.24) is 4.57 Å². The third kappa shape index (κ3) is 1.47. The zero-order valence-electron chi connectivity index (χ0n) is 7.57. The highest BCUT2D eigenvalue weighted by Crippen LogP contribution is 2.20. The third-order valence-electron chi connectivity index (χ3n) is 1.93. The second-order valence-electron chi connectivity index (χ2n) is 2.80. The van der Waals surface area contributed by atoms with Crippen LogP contribution in [-0.4, -0.2) is 11.3 Å². The van der Waals surface area contributed by atoms with E-state index >= 15 is 0 Å². The molecule has 0 aliphatic carbocycles. The predicted molar refractivity (Wildman–Crippen MR) is 60.9 cm³/mol. The van der Waals surface area contributed by atoms with Crippen LogP contribution in [0.5, 0.6) is 0 Å².